The van der Waals surface area contributed by atoms with E-state index < -0.39 is 27.9 Å². The van der Waals surface area contributed by atoms with Gasteiger partial charge in [0, 0.05) is 19.3 Å². The van der Waals surface area contributed by atoms with Crippen molar-refractivity contribution in [1.82, 2.24) is 9.88 Å². The number of carbonyl (C=O) groups excluding carboxylic acids is 1. The van der Waals surface area contributed by atoms with Gasteiger partial charge in [-0.15, -0.1) is 0 Å². The fourth-order valence-corrected chi connectivity index (χ4v) is 3.90. The minimum absolute atomic E-state index is 0.0581. The molecule has 2 amide bonds. The summed E-state index contributed by atoms with van der Waals surface area (Å²) in [6.07, 6.45) is 1.69. The van der Waals surface area contributed by atoms with Crippen LogP contribution in [0.25, 0.3) is 0 Å². The number of nitrogens with zero attached hydrogens (tertiary/aromatic N) is 2. The van der Waals surface area contributed by atoms with Crippen LogP contribution in [0.5, 0.6) is 0 Å². The van der Waals surface area contributed by atoms with Crippen LogP contribution in [0.3, 0.4) is 0 Å². The van der Waals surface area contributed by atoms with E-state index in [9.17, 15) is 18.0 Å². The van der Waals surface area contributed by atoms with Gasteiger partial charge in [0.1, 0.15) is 0 Å². The lowest BCUT2D eigenvalue weighted by Crippen LogP contribution is -2.40. The molecule has 1 aromatic heterocycles. The van der Waals surface area contributed by atoms with Gasteiger partial charge in [0.2, 0.25) is 0 Å². The normalized spacial score (nSPS) is 20.0. The van der Waals surface area contributed by atoms with Crippen LogP contribution in [0.4, 0.5) is 10.5 Å². The lowest BCUT2D eigenvalue weighted by Gasteiger charge is -2.23. The number of nitrogens with one attached hydrogen (secondary N) is 1. The number of anilines is 1. The number of hydrogen-bond donors (Lipinski definition) is 2. The van der Waals surface area contributed by atoms with Crippen LogP contribution < -0.4 is 5.32 Å². The Kier molecular flexibility index (Phi) is 4.12. The first-order valence-corrected chi connectivity index (χ1v) is 8.05. The SMILES string of the molecule is CN(C(=O)Nc1cccnc1C(=O)O)C1CCS(=O)(=O)C1. The highest BCUT2D eigenvalue weighted by Gasteiger charge is 2.33. The van der Waals surface area contributed by atoms with Crippen molar-refractivity contribution in [3.05, 3.63) is 24.0 Å². The van der Waals surface area contributed by atoms with E-state index in [0.29, 0.717) is 6.42 Å². The van der Waals surface area contributed by atoms with E-state index in [1.54, 1.807) is 0 Å². The maximum absolute atomic E-state index is 12.1. The molecule has 0 aromatic carbocycles. The van der Waals surface area contributed by atoms with E-state index in [4.69, 9.17) is 5.11 Å². The summed E-state index contributed by atoms with van der Waals surface area (Å²) in [6.45, 7) is 0. The third-order valence-electron chi connectivity index (χ3n) is 3.33. The van der Waals surface area contributed by atoms with Gasteiger partial charge < -0.3 is 15.3 Å². The Hall–Kier alpha value is -2.16. The van der Waals surface area contributed by atoms with Gasteiger partial charge in [-0.1, -0.05) is 0 Å². The highest BCUT2D eigenvalue weighted by molar-refractivity contribution is 7.91. The molecule has 2 heterocycles. The predicted octanol–water partition coefficient (Wildman–Crippen LogP) is 0.431. The Morgan fingerprint density at radius 3 is 2.76 bits per heavy atom. The summed E-state index contributed by atoms with van der Waals surface area (Å²) in [5, 5.41) is 11.4. The van der Waals surface area contributed by atoms with Crippen molar-refractivity contribution in [2.75, 3.05) is 23.9 Å². The van der Waals surface area contributed by atoms with Crippen LogP contribution in [0, 0.1) is 0 Å². The smallest absolute Gasteiger partial charge is 0.356 e. The second-order valence-corrected chi connectivity index (χ2v) is 7.03. The fourth-order valence-electron chi connectivity index (χ4n) is 2.13. The summed E-state index contributed by atoms with van der Waals surface area (Å²) in [7, 11) is -1.61. The second-order valence-electron chi connectivity index (χ2n) is 4.80. The largest absolute Gasteiger partial charge is 0.476 e. The Balaban J connectivity index is 2.10. The minimum atomic E-state index is -3.10. The van der Waals surface area contributed by atoms with Gasteiger partial charge in [0.05, 0.1) is 17.2 Å². The maximum atomic E-state index is 12.1. The summed E-state index contributed by atoms with van der Waals surface area (Å²) in [4.78, 5) is 28.1. The molecule has 1 atom stereocenters. The van der Waals surface area contributed by atoms with Crippen molar-refractivity contribution >= 4 is 27.5 Å². The van der Waals surface area contributed by atoms with Crippen molar-refractivity contribution in [1.29, 1.82) is 0 Å². The van der Waals surface area contributed by atoms with Crippen molar-refractivity contribution in [3.8, 4) is 0 Å². The van der Waals surface area contributed by atoms with Crippen molar-refractivity contribution in [2.24, 2.45) is 0 Å². The Bertz CT molecular complexity index is 673. The Morgan fingerprint density at radius 1 is 1.48 bits per heavy atom. The molecule has 1 fully saturated rings. The van der Waals surface area contributed by atoms with Gasteiger partial charge in [-0.2, -0.15) is 0 Å². The molecular weight excluding hydrogens is 298 g/mol. The second kappa shape index (κ2) is 5.68. The fraction of sp³-hybridized carbons (Fsp3) is 0.417. The van der Waals surface area contributed by atoms with E-state index in [2.05, 4.69) is 10.3 Å². The quantitative estimate of drug-likeness (QED) is 0.836. The Morgan fingerprint density at radius 2 is 2.19 bits per heavy atom. The van der Waals surface area contributed by atoms with Gasteiger partial charge in [-0.05, 0) is 18.6 Å². The van der Waals surface area contributed by atoms with Crippen molar-refractivity contribution < 1.29 is 23.1 Å². The highest BCUT2D eigenvalue weighted by atomic mass is 32.2. The number of carboxylic acid groups (broad SMARTS) is 1. The summed E-state index contributed by atoms with van der Waals surface area (Å²) in [5.41, 5.74) is -0.194. The number of rotatable bonds is 3. The van der Waals surface area contributed by atoms with Gasteiger partial charge in [-0.25, -0.2) is 23.0 Å². The number of urea groups is 1. The number of pyridine rings is 1. The lowest BCUT2D eigenvalue weighted by molar-refractivity contribution is 0.0691. The molecule has 1 aliphatic rings. The average molecular weight is 313 g/mol. The summed E-state index contributed by atoms with van der Waals surface area (Å²) < 4.78 is 22.8. The van der Waals surface area contributed by atoms with Crippen molar-refractivity contribution in [2.45, 2.75) is 12.5 Å². The molecule has 0 bridgehead atoms. The molecule has 0 radical (unpaired) electrons. The van der Waals surface area contributed by atoms with Crippen LogP contribution in [-0.2, 0) is 9.84 Å². The molecule has 1 unspecified atom stereocenters. The van der Waals surface area contributed by atoms with Crippen LogP contribution in [0.1, 0.15) is 16.9 Å². The maximum Gasteiger partial charge on any atom is 0.356 e. The van der Waals surface area contributed by atoms with Crippen LogP contribution in [0.15, 0.2) is 18.3 Å². The minimum Gasteiger partial charge on any atom is -0.476 e. The molecule has 1 aromatic rings. The summed E-state index contributed by atoms with van der Waals surface area (Å²) in [6, 6.07) is 1.96. The molecule has 21 heavy (non-hydrogen) atoms. The van der Waals surface area contributed by atoms with Crippen LogP contribution >= 0.6 is 0 Å². The number of aromatic nitrogens is 1. The number of carboxylic acids is 1. The molecule has 0 spiro atoms. The highest BCUT2D eigenvalue weighted by Crippen LogP contribution is 2.18. The molecule has 8 nitrogen and oxygen atoms in total. The van der Waals surface area contributed by atoms with E-state index in [-0.39, 0.29) is 22.9 Å². The monoisotopic (exact) mass is 313 g/mol. The van der Waals surface area contributed by atoms with Crippen LogP contribution in [0.2, 0.25) is 0 Å². The van der Waals surface area contributed by atoms with Gasteiger partial charge >= 0.3 is 12.0 Å². The predicted molar refractivity (Wildman–Crippen MR) is 75.0 cm³/mol. The third kappa shape index (κ3) is 3.48. The molecular formula is C12H15N3O5S. The number of sulfone groups is 1. The lowest BCUT2D eigenvalue weighted by atomic mass is 10.2. The summed E-state index contributed by atoms with van der Waals surface area (Å²) >= 11 is 0. The first kappa shape index (κ1) is 15.2. The van der Waals surface area contributed by atoms with E-state index >= 15 is 0 Å². The summed E-state index contributed by atoms with van der Waals surface area (Å²) in [5.74, 6) is -1.27. The molecule has 0 saturated carbocycles. The standard InChI is InChI=1S/C12H15N3O5S/c1-15(8-4-6-21(19,20)7-8)12(18)14-9-3-2-5-13-10(9)11(16)17/h2-3,5,8H,4,6-7H2,1H3,(H,14,18)(H,16,17). The molecule has 0 aliphatic carbocycles. The molecule has 1 saturated heterocycles. The molecule has 2 rings (SSSR count). The number of carbonyl (C=O) groups is 2. The Labute approximate surface area is 121 Å². The first-order valence-electron chi connectivity index (χ1n) is 6.23. The van der Waals surface area contributed by atoms with Gasteiger partial charge in [0.15, 0.2) is 15.5 Å². The number of hydrogen-bond acceptors (Lipinski definition) is 5. The zero-order valence-electron chi connectivity index (χ0n) is 11.3. The third-order valence-corrected chi connectivity index (χ3v) is 5.08. The molecule has 1 aliphatic heterocycles. The van der Waals surface area contributed by atoms with E-state index in [1.807, 2.05) is 0 Å². The molecule has 9 heteroatoms. The van der Waals surface area contributed by atoms with Crippen LogP contribution in [-0.4, -0.2) is 60.0 Å². The first-order chi connectivity index (χ1) is 9.80. The van der Waals surface area contributed by atoms with Gasteiger partial charge in [-0.3, -0.25) is 0 Å². The zero-order chi connectivity index (χ0) is 15.6. The molecule has 114 valence electrons. The van der Waals surface area contributed by atoms with Crippen molar-refractivity contribution in [3.63, 3.8) is 0 Å². The number of aromatic carboxylic acids is 1. The van der Waals surface area contributed by atoms with Gasteiger partial charge in [0.25, 0.3) is 0 Å². The van der Waals surface area contributed by atoms with E-state index in [1.165, 1.54) is 30.3 Å². The number of amides is 2. The zero-order valence-corrected chi connectivity index (χ0v) is 12.1. The molecule has 2 N–H and O–H groups in total. The average Bonchev–Trinajstić information content (AvgIpc) is 2.78. The van der Waals surface area contributed by atoms with E-state index in [0.717, 1.165) is 0 Å². The topological polar surface area (TPSA) is 117 Å².